The molecule has 2 heterocycles. The van der Waals surface area contributed by atoms with Gasteiger partial charge in [-0.05, 0) is 47.5 Å². The van der Waals surface area contributed by atoms with Gasteiger partial charge in [0, 0.05) is 23.0 Å². The SMILES string of the molecule is O=C(COc1cccc(Cl)c1)NCCN1C(=O)S/C(=C/c2cccs2)C1=O. The lowest BCUT2D eigenvalue weighted by atomic mass is 10.3. The number of halogens is 1. The predicted octanol–water partition coefficient (Wildman–Crippen LogP) is 3.63. The molecule has 1 fully saturated rings. The molecule has 1 aliphatic heterocycles. The van der Waals surface area contributed by atoms with E-state index in [-0.39, 0.29) is 36.7 Å². The number of amides is 3. The van der Waals surface area contributed by atoms with E-state index < -0.39 is 0 Å². The Bertz CT molecular complexity index is 883. The summed E-state index contributed by atoms with van der Waals surface area (Å²) < 4.78 is 5.33. The maximum Gasteiger partial charge on any atom is 0.293 e. The van der Waals surface area contributed by atoms with Gasteiger partial charge in [0.25, 0.3) is 17.1 Å². The summed E-state index contributed by atoms with van der Waals surface area (Å²) in [4.78, 5) is 38.6. The van der Waals surface area contributed by atoms with Crippen LogP contribution in [0.25, 0.3) is 6.08 Å². The number of thioether (sulfide) groups is 1. The number of rotatable bonds is 7. The molecule has 0 radical (unpaired) electrons. The first kappa shape index (κ1) is 19.5. The van der Waals surface area contributed by atoms with Gasteiger partial charge in [-0.3, -0.25) is 19.3 Å². The van der Waals surface area contributed by atoms with Gasteiger partial charge in [-0.15, -0.1) is 11.3 Å². The molecule has 3 rings (SSSR count). The van der Waals surface area contributed by atoms with Crippen molar-refractivity contribution in [1.29, 1.82) is 0 Å². The zero-order chi connectivity index (χ0) is 19.2. The number of ether oxygens (including phenoxy) is 1. The van der Waals surface area contributed by atoms with Crippen LogP contribution in [0, 0.1) is 0 Å². The number of hydrogen-bond acceptors (Lipinski definition) is 6. The molecule has 0 atom stereocenters. The van der Waals surface area contributed by atoms with Gasteiger partial charge in [-0.2, -0.15) is 0 Å². The van der Waals surface area contributed by atoms with E-state index in [0.29, 0.717) is 15.7 Å². The molecule has 0 spiro atoms. The maximum absolute atomic E-state index is 12.3. The van der Waals surface area contributed by atoms with Crippen LogP contribution in [0.2, 0.25) is 5.02 Å². The van der Waals surface area contributed by atoms with Crippen LogP contribution in [-0.2, 0) is 9.59 Å². The van der Waals surface area contributed by atoms with Gasteiger partial charge in [0.05, 0.1) is 4.91 Å². The summed E-state index contributed by atoms with van der Waals surface area (Å²) in [5, 5.41) is 4.70. The Balaban J connectivity index is 1.45. The topological polar surface area (TPSA) is 75.7 Å². The van der Waals surface area contributed by atoms with E-state index in [9.17, 15) is 14.4 Å². The van der Waals surface area contributed by atoms with E-state index in [4.69, 9.17) is 16.3 Å². The molecule has 3 amide bonds. The first-order valence-electron chi connectivity index (χ1n) is 7.97. The number of carbonyl (C=O) groups is 3. The molecule has 0 saturated carbocycles. The quantitative estimate of drug-likeness (QED) is 0.689. The third kappa shape index (κ3) is 5.35. The fraction of sp³-hybridized carbons (Fsp3) is 0.167. The second-order valence-electron chi connectivity index (χ2n) is 5.44. The molecular formula is C18H15ClN2O4S2. The van der Waals surface area contributed by atoms with Gasteiger partial charge in [0.15, 0.2) is 6.61 Å². The lowest BCUT2D eigenvalue weighted by Crippen LogP contribution is -2.38. The first-order chi connectivity index (χ1) is 13.0. The molecule has 27 heavy (non-hydrogen) atoms. The average molecular weight is 423 g/mol. The van der Waals surface area contributed by atoms with Gasteiger partial charge >= 0.3 is 0 Å². The van der Waals surface area contributed by atoms with Crippen molar-refractivity contribution in [2.75, 3.05) is 19.7 Å². The smallest absolute Gasteiger partial charge is 0.293 e. The van der Waals surface area contributed by atoms with Crippen molar-refractivity contribution in [1.82, 2.24) is 10.2 Å². The molecule has 0 bridgehead atoms. The summed E-state index contributed by atoms with van der Waals surface area (Å²) in [6.07, 6.45) is 1.70. The molecule has 2 aromatic rings. The largest absolute Gasteiger partial charge is 0.484 e. The van der Waals surface area contributed by atoms with Crippen LogP contribution in [0.15, 0.2) is 46.7 Å². The Labute approximate surface area is 169 Å². The zero-order valence-corrected chi connectivity index (χ0v) is 16.4. The van der Waals surface area contributed by atoms with E-state index in [0.717, 1.165) is 21.5 Å². The number of carbonyl (C=O) groups excluding carboxylic acids is 3. The van der Waals surface area contributed by atoms with E-state index >= 15 is 0 Å². The van der Waals surface area contributed by atoms with Crippen molar-refractivity contribution in [2.45, 2.75) is 0 Å². The Morgan fingerprint density at radius 1 is 1.26 bits per heavy atom. The van der Waals surface area contributed by atoms with Gasteiger partial charge in [-0.25, -0.2) is 0 Å². The lowest BCUT2D eigenvalue weighted by Gasteiger charge is -2.13. The van der Waals surface area contributed by atoms with Gasteiger partial charge in [0.2, 0.25) is 0 Å². The Morgan fingerprint density at radius 2 is 2.11 bits per heavy atom. The summed E-state index contributed by atoms with van der Waals surface area (Å²) in [7, 11) is 0. The van der Waals surface area contributed by atoms with Crippen molar-refractivity contribution in [3.05, 3.63) is 56.6 Å². The number of nitrogens with zero attached hydrogens (tertiary/aromatic N) is 1. The van der Waals surface area contributed by atoms with Gasteiger partial charge in [-0.1, -0.05) is 23.7 Å². The molecule has 1 aromatic carbocycles. The minimum absolute atomic E-state index is 0.107. The van der Waals surface area contributed by atoms with Crippen LogP contribution in [0.1, 0.15) is 4.88 Å². The predicted molar refractivity (Wildman–Crippen MR) is 107 cm³/mol. The molecule has 9 heteroatoms. The van der Waals surface area contributed by atoms with Crippen LogP contribution >= 0.6 is 34.7 Å². The monoisotopic (exact) mass is 422 g/mol. The number of hydrogen-bond donors (Lipinski definition) is 1. The zero-order valence-electron chi connectivity index (χ0n) is 14.0. The normalized spacial score (nSPS) is 15.4. The molecule has 1 aliphatic rings. The highest BCUT2D eigenvalue weighted by atomic mass is 35.5. The second-order valence-corrected chi connectivity index (χ2v) is 7.85. The Hall–Kier alpha value is -2.29. The van der Waals surface area contributed by atoms with Crippen molar-refractivity contribution in [3.63, 3.8) is 0 Å². The summed E-state index contributed by atoms with van der Waals surface area (Å²) in [5.74, 6) is -0.207. The molecule has 6 nitrogen and oxygen atoms in total. The maximum atomic E-state index is 12.3. The summed E-state index contributed by atoms with van der Waals surface area (Å²) in [6.45, 7) is 0.0813. The van der Waals surface area contributed by atoms with E-state index in [1.165, 1.54) is 11.3 Å². The van der Waals surface area contributed by atoms with Crippen LogP contribution in [0.3, 0.4) is 0 Å². The standard InChI is InChI=1S/C18H15ClN2O4S2/c19-12-3-1-4-13(9-12)25-11-16(22)20-6-7-21-17(23)15(27-18(21)24)10-14-5-2-8-26-14/h1-5,8-10H,6-7,11H2,(H,20,22)/b15-10+. The van der Waals surface area contributed by atoms with E-state index in [1.54, 1.807) is 30.3 Å². The number of benzene rings is 1. The highest BCUT2D eigenvalue weighted by molar-refractivity contribution is 8.18. The molecule has 1 N–H and O–H groups in total. The molecule has 1 saturated heterocycles. The molecule has 0 aliphatic carbocycles. The Morgan fingerprint density at radius 3 is 2.85 bits per heavy atom. The van der Waals surface area contributed by atoms with E-state index in [2.05, 4.69) is 5.32 Å². The second kappa shape index (κ2) is 9.07. The van der Waals surface area contributed by atoms with Gasteiger partial charge in [0.1, 0.15) is 5.75 Å². The average Bonchev–Trinajstić information content (AvgIpc) is 3.24. The number of imide groups is 1. The Kier molecular flexibility index (Phi) is 6.54. The minimum Gasteiger partial charge on any atom is -0.484 e. The van der Waals surface area contributed by atoms with Crippen LogP contribution in [-0.4, -0.2) is 41.6 Å². The molecule has 0 unspecified atom stereocenters. The van der Waals surface area contributed by atoms with Gasteiger partial charge < -0.3 is 10.1 Å². The van der Waals surface area contributed by atoms with Crippen LogP contribution < -0.4 is 10.1 Å². The van der Waals surface area contributed by atoms with Crippen LogP contribution in [0.4, 0.5) is 4.79 Å². The van der Waals surface area contributed by atoms with Crippen LogP contribution in [0.5, 0.6) is 5.75 Å². The third-order valence-electron chi connectivity index (χ3n) is 3.51. The van der Waals surface area contributed by atoms with Crippen molar-refractivity contribution < 1.29 is 19.1 Å². The number of nitrogens with one attached hydrogen (secondary N) is 1. The highest BCUT2D eigenvalue weighted by Crippen LogP contribution is 2.32. The molecule has 140 valence electrons. The first-order valence-corrected chi connectivity index (χ1v) is 10.0. The summed E-state index contributed by atoms with van der Waals surface area (Å²) >= 11 is 8.24. The van der Waals surface area contributed by atoms with Crippen molar-refractivity contribution >= 4 is 57.8 Å². The van der Waals surface area contributed by atoms with Crippen molar-refractivity contribution in [2.24, 2.45) is 0 Å². The summed E-state index contributed by atoms with van der Waals surface area (Å²) in [5.41, 5.74) is 0. The summed E-state index contributed by atoms with van der Waals surface area (Å²) in [6, 6.07) is 10.5. The van der Waals surface area contributed by atoms with Crippen molar-refractivity contribution in [3.8, 4) is 5.75 Å². The van der Waals surface area contributed by atoms with E-state index in [1.807, 2.05) is 17.5 Å². The fourth-order valence-corrected chi connectivity index (χ4v) is 4.03. The minimum atomic E-state index is -0.351. The highest BCUT2D eigenvalue weighted by Gasteiger charge is 2.34. The molecule has 1 aromatic heterocycles. The third-order valence-corrected chi connectivity index (χ3v) is 5.48. The lowest BCUT2D eigenvalue weighted by molar-refractivity contribution is -0.125. The molecular weight excluding hydrogens is 408 g/mol. The number of thiophene rings is 1. The fourth-order valence-electron chi connectivity index (χ4n) is 2.26.